The molecule has 0 aliphatic rings. The lowest BCUT2D eigenvalue weighted by Crippen LogP contribution is -1.99. The first-order valence-corrected chi connectivity index (χ1v) is 5.93. The summed E-state index contributed by atoms with van der Waals surface area (Å²) in [5.74, 6) is 1.39. The van der Waals surface area contributed by atoms with Gasteiger partial charge in [0, 0.05) is 0 Å². The molecule has 1 N–H and O–H groups in total. The molecule has 0 heterocycles. The molecule has 0 saturated carbocycles. The molecule has 0 fully saturated rings. The maximum atomic E-state index is 10.2. The average molecular weight is 206 g/mol. The fraction of sp³-hybridized carbons (Fsp3) is 0.571. The van der Waals surface area contributed by atoms with Gasteiger partial charge in [0.05, 0.1) is 0 Å². The van der Waals surface area contributed by atoms with Crippen molar-refractivity contribution in [2.24, 2.45) is 0 Å². The van der Waals surface area contributed by atoms with Gasteiger partial charge in [-0.05, 0) is 35.8 Å². The molecule has 0 spiro atoms. The monoisotopic (exact) mass is 206 g/mol. The van der Waals surface area contributed by atoms with E-state index in [0.717, 1.165) is 24.0 Å². The summed E-state index contributed by atoms with van der Waals surface area (Å²) in [4.78, 5) is 0. The number of benzene rings is 1. The molecule has 0 aliphatic heterocycles. The lowest BCUT2D eigenvalue weighted by molar-refractivity contribution is 0.447. The van der Waals surface area contributed by atoms with Crippen molar-refractivity contribution in [3.63, 3.8) is 0 Å². The van der Waals surface area contributed by atoms with E-state index in [-0.39, 0.29) is 0 Å². The third kappa shape index (κ3) is 2.53. The minimum atomic E-state index is 0.388. The summed E-state index contributed by atoms with van der Waals surface area (Å²) in [6, 6.07) is 6.13. The van der Waals surface area contributed by atoms with E-state index < -0.39 is 0 Å². The van der Waals surface area contributed by atoms with Gasteiger partial charge in [-0.2, -0.15) is 0 Å². The number of hydrogen-bond acceptors (Lipinski definition) is 1. The molecule has 15 heavy (non-hydrogen) atoms. The summed E-state index contributed by atoms with van der Waals surface area (Å²) in [5, 5.41) is 10.2. The number of aromatic hydroxyl groups is 1. The Labute approximate surface area is 93.1 Å². The molecule has 0 radical (unpaired) electrons. The summed E-state index contributed by atoms with van der Waals surface area (Å²) < 4.78 is 0. The first-order chi connectivity index (χ1) is 7.11. The molecule has 0 atom stereocenters. The standard InChI is InChI=1S/C14H22O/c1-5-11(6-2)13-9-7-8-12(10(3)4)14(13)15/h7-11,15H,5-6H2,1-4H3. The van der Waals surface area contributed by atoms with Gasteiger partial charge < -0.3 is 5.11 Å². The lowest BCUT2D eigenvalue weighted by atomic mass is 9.89. The number of phenolic OH excluding ortho intramolecular Hbond substituents is 1. The minimum Gasteiger partial charge on any atom is -0.507 e. The van der Waals surface area contributed by atoms with Crippen LogP contribution in [0.1, 0.15) is 63.5 Å². The highest BCUT2D eigenvalue weighted by molar-refractivity contribution is 5.43. The molecule has 0 aliphatic carbocycles. The van der Waals surface area contributed by atoms with E-state index in [1.54, 1.807) is 0 Å². The zero-order chi connectivity index (χ0) is 11.4. The molecule has 0 bridgehead atoms. The van der Waals surface area contributed by atoms with Crippen LogP contribution in [-0.2, 0) is 0 Å². The van der Waals surface area contributed by atoms with E-state index in [9.17, 15) is 5.11 Å². The highest BCUT2D eigenvalue weighted by atomic mass is 16.3. The molecule has 1 aromatic rings. The fourth-order valence-corrected chi connectivity index (χ4v) is 2.10. The second-order valence-electron chi connectivity index (χ2n) is 4.45. The third-order valence-electron chi connectivity index (χ3n) is 3.15. The Hall–Kier alpha value is -0.980. The van der Waals surface area contributed by atoms with Crippen molar-refractivity contribution in [1.82, 2.24) is 0 Å². The Kier molecular flexibility index (Phi) is 4.19. The molecule has 0 amide bonds. The molecule has 84 valence electrons. The second-order valence-corrected chi connectivity index (χ2v) is 4.45. The molecule has 0 saturated heterocycles. The highest BCUT2D eigenvalue weighted by Crippen LogP contribution is 2.35. The van der Waals surface area contributed by atoms with Crippen molar-refractivity contribution in [2.45, 2.75) is 52.4 Å². The van der Waals surface area contributed by atoms with Crippen molar-refractivity contribution in [3.05, 3.63) is 29.3 Å². The molecule has 1 heteroatoms. The van der Waals surface area contributed by atoms with Crippen molar-refractivity contribution in [1.29, 1.82) is 0 Å². The molecular weight excluding hydrogens is 184 g/mol. The van der Waals surface area contributed by atoms with E-state index in [2.05, 4.69) is 39.8 Å². The Morgan fingerprint density at radius 2 is 1.60 bits per heavy atom. The van der Waals surface area contributed by atoms with Crippen LogP contribution in [-0.4, -0.2) is 5.11 Å². The van der Waals surface area contributed by atoms with Crippen LogP contribution >= 0.6 is 0 Å². The van der Waals surface area contributed by atoms with Gasteiger partial charge in [-0.1, -0.05) is 45.9 Å². The molecule has 1 nitrogen and oxygen atoms in total. The van der Waals surface area contributed by atoms with Crippen molar-refractivity contribution in [3.8, 4) is 5.75 Å². The number of hydrogen-bond donors (Lipinski definition) is 1. The maximum Gasteiger partial charge on any atom is 0.122 e. The summed E-state index contributed by atoms with van der Waals surface area (Å²) >= 11 is 0. The predicted molar refractivity (Wildman–Crippen MR) is 65.5 cm³/mol. The van der Waals surface area contributed by atoms with Gasteiger partial charge >= 0.3 is 0 Å². The average Bonchev–Trinajstić information content (AvgIpc) is 2.21. The minimum absolute atomic E-state index is 0.388. The maximum absolute atomic E-state index is 10.2. The topological polar surface area (TPSA) is 20.2 Å². The normalized spacial score (nSPS) is 11.3. The van der Waals surface area contributed by atoms with Crippen LogP contribution in [0.15, 0.2) is 18.2 Å². The van der Waals surface area contributed by atoms with Gasteiger partial charge in [0.2, 0.25) is 0 Å². The first-order valence-electron chi connectivity index (χ1n) is 5.93. The van der Waals surface area contributed by atoms with Crippen molar-refractivity contribution < 1.29 is 5.11 Å². The summed E-state index contributed by atoms with van der Waals surface area (Å²) in [5.41, 5.74) is 2.19. The number of para-hydroxylation sites is 1. The van der Waals surface area contributed by atoms with E-state index in [0.29, 0.717) is 17.6 Å². The van der Waals surface area contributed by atoms with Crippen LogP contribution in [0.5, 0.6) is 5.75 Å². The Bertz CT molecular complexity index is 311. The van der Waals surface area contributed by atoms with Gasteiger partial charge in [0.1, 0.15) is 5.75 Å². The number of phenols is 1. The van der Waals surface area contributed by atoms with Crippen LogP contribution in [0, 0.1) is 0 Å². The van der Waals surface area contributed by atoms with Crippen LogP contribution in [0.2, 0.25) is 0 Å². The molecule has 0 unspecified atom stereocenters. The van der Waals surface area contributed by atoms with Crippen LogP contribution < -0.4 is 0 Å². The first kappa shape index (κ1) is 12.1. The predicted octanol–water partition coefficient (Wildman–Crippen LogP) is 4.42. The quantitative estimate of drug-likeness (QED) is 0.773. The van der Waals surface area contributed by atoms with Gasteiger partial charge in [-0.25, -0.2) is 0 Å². The summed E-state index contributed by atoms with van der Waals surface area (Å²) in [6.45, 7) is 8.59. The van der Waals surface area contributed by atoms with E-state index in [1.165, 1.54) is 0 Å². The lowest BCUT2D eigenvalue weighted by Gasteiger charge is -2.18. The zero-order valence-corrected chi connectivity index (χ0v) is 10.2. The zero-order valence-electron chi connectivity index (χ0n) is 10.2. The number of rotatable bonds is 4. The van der Waals surface area contributed by atoms with Gasteiger partial charge in [-0.15, -0.1) is 0 Å². The third-order valence-corrected chi connectivity index (χ3v) is 3.15. The smallest absolute Gasteiger partial charge is 0.122 e. The summed E-state index contributed by atoms with van der Waals surface area (Å²) in [6.07, 6.45) is 2.18. The van der Waals surface area contributed by atoms with E-state index >= 15 is 0 Å². The molecule has 0 aromatic heterocycles. The van der Waals surface area contributed by atoms with Crippen LogP contribution in [0.3, 0.4) is 0 Å². The molecule has 1 aromatic carbocycles. The van der Waals surface area contributed by atoms with E-state index in [4.69, 9.17) is 0 Å². The van der Waals surface area contributed by atoms with Crippen molar-refractivity contribution in [2.75, 3.05) is 0 Å². The Balaban J connectivity index is 3.14. The van der Waals surface area contributed by atoms with Gasteiger partial charge in [-0.3, -0.25) is 0 Å². The van der Waals surface area contributed by atoms with Crippen LogP contribution in [0.25, 0.3) is 0 Å². The van der Waals surface area contributed by atoms with Gasteiger partial charge in [0.25, 0.3) is 0 Å². The SMILES string of the molecule is CCC(CC)c1cccc(C(C)C)c1O. The van der Waals surface area contributed by atoms with Crippen molar-refractivity contribution >= 4 is 0 Å². The molecular formula is C14H22O. The highest BCUT2D eigenvalue weighted by Gasteiger charge is 2.15. The fourth-order valence-electron chi connectivity index (χ4n) is 2.10. The Morgan fingerprint density at radius 3 is 2.07 bits per heavy atom. The second kappa shape index (κ2) is 5.20. The van der Waals surface area contributed by atoms with Gasteiger partial charge in [0.15, 0.2) is 0 Å². The summed E-state index contributed by atoms with van der Waals surface area (Å²) in [7, 11) is 0. The Morgan fingerprint density at radius 1 is 1.07 bits per heavy atom. The largest absolute Gasteiger partial charge is 0.507 e. The molecule has 1 rings (SSSR count). The van der Waals surface area contributed by atoms with E-state index in [1.807, 2.05) is 6.07 Å². The van der Waals surface area contributed by atoms with Crippen LogP contribution in [0.4, 0.5) is 0 Å².